The number of likely N-dealkylation sites (tertiary alicyclic amines) is 1. The Balaban J connectivity index is 1.52. The zero-order valence-corrected chi connectivity index (χ0v) is 15.7. The fourth-order valence-electron chi connectivity index (χ4n) is 3.62. The highest BCUT2D eigenvalue weighted by Crippen LogP contribution is 2.23. The topological polar surface area (TPSA) is 41.9 Å². The van der Waals surface area contributed by atoms with Crippen molar-refractivity contribution in [2.24, 2.45) is 0 Å². The lowest BCUT2D eigenvalue weighted by Crippen LogP contribution is -2.26. The molecule has 1 aliphatic heterocycles. The molecule has 1 N–H and O–H groups in total. The predicted molar refractivity (Wildman–Crippen MR) is 104 cm³/mol. The van der Waals surface area contributed by atoms with Gasteiger partial charge in [0.1, 0.15) is 11.5 Å². The lowest BCUT2D eigenvalue weighted by atomic mass is 10.0. The molecule has 0 bridgehead atoms. The molecule has 1 fully saturated rings. The van der Waals surface area contributed by atoms with E-state index in [0.29, 0.717) is 12.6 Å². The second kappa shape index (κ2) is 9.06. The van der Waals surface area contributed by atoms with Crippen molar-refractivity contribution in [1.82, 2.24) is 4.90 Å². The van der Waals surface area contributed by atoms with Crippen LogP contribution in [0.4, 0.5) is 0 Å². The smallest absolute Gasteiger partial charge is 0.122 e. The highest BCUT2D eigenvalue weighted by atomic mass is 16.5. The minimum Gasteiger partial charge on any atom is -0.497 e. The number of nitrogens with zero attached hydrogens (tertiary/aromatic N) is 1. The normalized spacial score (nSPS) is 20.3. The summed E-state index contributed by atoms with van der Waals surface area (Å²) in [7, 11) is 3.76. The van der Waals surface area contributed by atoms with Gasteiger partial charge in [-0.15, -0.1) is 0 Å². The van der Waals surface area contributed by atoms with E-state index in [9.17, 15) is 5.11 Å². The summed E-state index contributed by atoms with van der Waals surface area (Å²) in [5, 5.41) is 9.75. The van der Waals surface area contributed by atoms with E-state index >= 15 is 0 Å². The Morgan fingerprint density at radius 2 is 1.85 bits per heavy atom. The van der Waals surface area contributed by atoms with Gasteiger partial charge < -0.3 is 19.5 Å². The summed E-state index contributed by atoms with van der Waals surface area (Å²) in [5.41, 5.74) is 2.53. The minimum absolute atomic E-state index is 0.193. The van der Waals surface area contributed by atoms with Crippen molar-refractivity contribution in [2.75, 3.05) is 27.3 Å². The highest BCUT2D eigenvalue weighted by Gasteiger charge is 2.27. The Morgan fingerprint density at radius 1 is 1.08 bits per heavy atom. The van der Waals surface area contributed by atoms with Crippen LogP contribution in [-0.4, -0.2) is 49.5 Å². The highest BCUT2D eigenvalue weighted by molar-refractivity contribution is 5.35. The van der Waals surface area contributed by atoms with Crippen molar-refractivity contribution in [3.05, 3.63) is 59.7 Å². The fraction of sp³-hybridized carbons (Fsp3) is 0.455. The number of likely N-dealkylation sites (N-methyl/N-ethyl adjacent to an activating group) is 1. The van der Waals surface area contributed by atoms with Crippen LogP contribution >= 0.6 is 0 Å². The van der Waals surface area contributed by atoms with E-state index in [2.05, 4.69) is 42.3 Å². The average Bonchev–Trinajstić information content (AvgIpc) is 2.98. The first-order valence-electron chi connectivity index (χ1n) is 9.37. The number of rotatable bonds is 8. The van der Waals surface area contributed by atoms with E-state index in [0.717, 1.165) is 43.7 Å². The molecule has 0 aliphatic carbocycles. The first-order chi connectivity index (χ1) is 12.7. The lowest BCUT2D eigenvalue weighted by molar-refractivity contribution is 0.182. The van der Waals surface area contributed by atoms with Crippen molar-refractivity contribution in [3.63, 3.8) is 0 Å². The van der Waals surface area contributed by atoms with Crippen molar-refractivity contribution in [2.45, 2.75) is 37.8 Å². The number of β-amino-alcohol motifs (C(OH)–C–C–N with tert-alkyl or cyclic N) is 1. The summed E-state index contributed by atoms with van der Waals surface area (Å²) in [4.78, 5) is 2.23. The summed E-state index contributed by atoms with van der Waals surface area (Å²) in [6, 6.07) is 16.9. The van der Waals surface area contributed by atoms with E-state index in [1.54, 1.807) is 7.11 Å². The van der Waals surface area contributed by atoms with Crippen molar-refractivity contribution < 1.29 is 14.6 Å². The number of aryl methyl sites for hydroxylation is 2. The number of aliphatic hydroxyl groups excluding tert-OH is 1. The Hall–Kier alpha value is -2.04. The third kappa shape index (κ3) is 4.99. The monoisotopic (exact) mass is 355 g/mol. The molecule has 4 heteroatoms. The average molecular weight is 355 g/mol. The van der Waals surface area contributed by atoms with Gasteiger partial charge in [0, 0.05) is 12.6 Å². The van der Waals surface area contributed by atoms with Gasteiger partial charge in [-0.25, -0.2) is 0 Å². The van der Waals surface area contributed by atoms with Gasteiger partial charge >= 0.3 is 0 Å². The molecule has 0 aromatic heterocycles. The standard InChI is InChI=1S/C22H29NO3/c1-23-16-20(24)15-19(23)13-14-26-22-6-4-3-5-18(22)10-7-17-8-11-21(25-2)12-9-17/h3-6,8-9,11-12,19-20,24H,7,10,13-16H2,1-2H3/t19-,20-/m1/s1. The fourth-order valence-corrected chi connectivity index (χ4v) is 3.62. The van der Waals surface area contributed by atoms with Crippen LogP contribution in [0.1, 0.15) is 24.0 Å². The minimum atomic E-state index is -0.193. The number of hydrogen-bond donors (Lipinski definition) is 1. The maximum absolute atomic E-state index is 9.75. The number of aliphatic hydroxyl groups is 1. The summed E-state index contributed by atoms with van der Waals surface area (Å²) >= 11 is 0. The van der Waals surface area contributed by atoms with Gasteiger partial charge in [0.25, 0.3) is 0 Å². The van der Waals surface area contributed by atoms with Gasteiger partial charge in [0.2, 0.25) is 0 Å². The van der Waals surface area contributed by atoms with Crippen LogP contribution in [0.5, 0.6) is 11.5 Å². The maximum Gasteiger partial charge on any atom is 0.122 e. The van der Waals surface area contributed by atoms with Crippen molar-refractivity contribution in [3.8, 4) is 11.5 Å². The van der Waals surface area contributed by atoms with Gasteiger partial charge in [-0.3, -0.25) is 0 Å². The van der Waals surface area contributed by atoms with Gasteiger partial charge in [0.15, 0.2) is 0 Å². The summed E-state index contributed by atoms with van der Waals surface area (Å²) in [6.07, 6.45) is 3.52. The molecule has 0 radical (unpaired) electrons. The van der Waals surface area contributed by atoms with E-state index in [4.69, 9.17) is 9.47 Å². The zero-order chi connectivity index (χ0) is 18.4. The molecule has 1 saturated heterocycles. The molecule has 140 valence electrons. The molecule has 0 unspecified atom stereocenters. The lowest BCUT2D eigenvalue weighted by Gasteiger charge is -2.19. The summed E-state index contributed by atoms with van der Waals surface area (Å²) in [6.45, 7) is 1.45. The van der Waals surface area contributed by atoms with E-state index < -0.39 is 0 Å². The Morgan fingerprint density at radius 3 is 2.54 bits per heavy atom. The van der Waals surface area contributed by atoms with Gasteiger partial charge in [-0.2, -0.15) is 0 Å². The number of methoxy groups -OCH3 is 1. The van der Waals surface area contributed by atoms with Crippen molar-refractivity contribution in [1.29, 1.82) is 0 Å². The third-order valence-electron chi connectivity index (χ3n) is 5.19. The Kier molecular flexibility index (Phi) is 6.53. The van der Waals surface area contributed by atoms with E-state index in [1.165, 1.54) is 11.1 Å². The molecule has 3 rings (SSSR count). The number of benzene rings is 2. The van der Waals surface area contributed by atoms with E-state index in [1.807, 2.05) is 18.2 Å². The molecule has 0 spiro atoms. The van der Waals surface area contributed by atoms with Crippen LogP contribution in [0.15, 0.2) is 48.5 Å². The molecule has 1 heterocycles. The Bertz CT molecular complexity index is 686. The molecule has 26 heavy (non-hydrogen) atoms. The predicted octanol–water partition coefficient (Wildman–Crippen LogP) is 3.31. The van der Waals surface area contributed by atoms with Crippen LogP contribution in [0, 0.1) is 0 Å². The molecular formula is C22H29NO3. The summed E-state index contributed by atoms with van der Waals surface area (Å²) < 4.78 is 11.3. The SMILES string of the molecule is COc1ccc(CCc2ccccc2OCC[C@@H]2C[C@@H](O)CN2C)cc1. The zero-order valence-electron chi connectivity index (χ0n) is 15.7. The third-order valence-corrected chi connectivity index (χ3v) is 5.19. The molecular weight excluding hydrogens is 326 g/mol. The van der Waals surface area contributed by atoms with Crippen LogP contribution in [0.3, 0.4) is 0 Å². The molecule has 4 nitrogen and oxygen atoms in total. The largest absolute Gasteiger partial charge is 0.497 e. The van der Waals surface area contributed by atoms with Crippen LogP contribution in [0.2, 0.25) is 0 Å². The van der Waals surface area contributed by atoms with Crippen LogP contribution < -0.4 is 9.47 Å². The van der Waals surface area contributed by atoms with Gasteiger partial charge in [-0.1, -0.05) is 30.3 Å². The number of para-hydroxylation sites is 1. The van der Waals surface area contributed by atoms with Gasteiger partial charge in [0.05, 0.1) is 19.8 Å². The molecule has 2 aromatic carbocycles. The second-order valence-electron chi connectivity index (χ2n) is 7.08. The quantitative estimate of drug-likeness (QED) is 0.789. The maximum atomic E-state index is 9.75. The van der Waals surface area contributed by atoms with Crippen LogP contribution in [-0.2, 0) is 12.8 Å². The van der Waals surface area contributed by atoms with Crippen molar-refractivity contribution >= 4 is 0 Å². The molecule has 2 aromatic rings. The number of ether oxygens (including phenoxy) is 2. The second-order valence-corrected chi connectivity index (χ2v) is 7.08. The molecule has 2 atom stereocenters. The van der Waals surface area contributed by atoms with E-state index in [-0.39, 0.29) is 6.10 Å². The molecule has 0 saturated carbocycles. The first-order valence-corrected chi connectivity index (χ1v) is 9.37. The summed E-state index contributed by atoms with van der Waals surface area (Å²) in [5.74, 6) is 1.86. The molecule has 0 amide bonds. The van der Waals surface area contributed by atoms with Gasteiger partial charge in [-0.05, 0) is 62.1 Å². The Labute approximate surface area is 156 Å². The van der Waals surface area contributed by atoms with Crippen LogP contribution in [0.25, 0.3) is 0 Å². The first kappa shape index (κ1) is 18.7. The number of hydrogen-bond acceptors (Lipinski definition) is 4. The molecule has 1 aliphatic rings.